The molecule has 2 aromatic rings. The van der Waals surface area contributed by atoms with Crippen molar-refractivity contribution in [3.8, 4) is 23.0 Å². The molecule has 1 N–H and O–H groups in total. The second-order valence-corrected chi connectivity index (χ2v) is 6.17. The van der Waals surface area contributed by atoms with Crippen molar-refractivity contribution in [1.29, 1.82) is 0 Å². The first-order valence-electron chi connectivity index (χ1n) is 8.82. The molecule has 0 spiro atoms. The average molecular weight is 355 g/mol. The molecule has 0 saturated carbocycles. The van der Waals surface area contributed by atoms with Gasteiger partial charge in [-0.25, -0.2) is 0 Å². The fraction of sp³-hybridized carbons (Fsp3) is 0.350. The standard InChI is InChI=1S/C20H21NO5/c1-3-23-16-6-5-12(7-17(16)24-4-2)13-9-20(22)21-15-10-19-18(8-14(13)15)25-11-26-19/h5-8,10,13H,3-4,9,11H2,1-2H3,(H,21,22)/t13-/m0/s1. The summed E-state index contributed by atoms with van der Waals surface area (Å²) in [5.74, 6) is 2.67. The predicted octanol–water partition coefficient (Wildman–Crippen LogP) is 3.69. The van der Waals surface area contributed by atoms with Crippen molar-refractivity contribution in [3.05, 3.63) is 41.5 Å². The lowest BCUT2D eigenvalue weighted by Gasteiger charge is -2.27. The van der Waals surface area contributed by atoms with Crippen molar-refractivity contribution >= 4 is 11.6 Å². The Bertz CT molecular complexity index is 848. The molecule has 26 heavy (non-hydrogen) atoms. The molecule has 0 unspecified atom stereocenters. The molecule has 2 aliphatic rings. The van der Waals surface area contributed by atoms with E-state index in [-0.39, 0.29) is 18.6 Å². The van der Waals surface area contributed by atoms with Crippen molar-refractivity contribution in [2.75, 3.05) is 25.3 Å². The number of hydrogen-bond acceptors (Lipinski definition) is 5. The smallest absolute Gasteiger partial charge is 0.231 e. The zero-order valence-electron chi connectivity index (χ0n) is 14.8. The molecule has 4 rings (SSSR count). The van der Waals surface area contributed by atoms with E-state index in [2.05, 4.69) is 5.32 Å². The lowest BCUT2D eigenvalue weighted by molar-refractivity contribution is -0.116. The molecule has 136 valence electrons. The zero-order chi connectivity index (χ0) is 18.1. The van der Waals surface area contributed by atoms with Crippen LogP contribution in [0.2, 0.25) is 0 Å². The number of benzene rings is 2. The first kappa shape index (κ1) is 16.6. The van der Waals surface area contributed by atoms with E-state index in [1.54, 1.807) is 0 Å². The van der Waals surface area contributed by atoms with Gasteiger partial charge in [0.25, 0.3) is 0 Å². The quantitative estimate of drug-likeness (QED) is 0.886. The monoisotopic (exact) mass is 355 g/mol. The Hall–Kier alpha value is -2.89. The number of carbonyl (C=O) groups excluding carboxylic acids is 1. The number of amides is 1. The molecule has 0 bridgehead atoms. The van der Waals surface area contributed by atoms with Crippen LogP contribution in [0.1, 0.15) is 37.3 Å². The molecule has 0 radical (unpaired) electrons. The number of nitrogens with one attached hydrogen (secondary N) is 1. The summed E-state index contributed by atoms with van der Waals surface area (Å²) in [5, 5.41) is 2.93. The fourth-order valence-corrected chi connectivity index (χ4v) is 3.43. The molecular formula is C20H21NO5. The Morgan fingerprint density at radius 2 is 1.77 bits per heavy atom. The lowest BCUT2D eigenvalue weighted by atomic mass is 9.84. The predicted molar refractivity (Wildman–Crippen MR) is 96.4 cm³/mol. The normalized spacial score (nSPS) is 17.5. The Morgan fingerprint density at radius 3 is 2.54 bits per heavy atom. The number of carbonyl (C=O) groups is 1. The first-order valence-corrected chi connectivity index (χ1v) is 8.82. The molecule has 0 aromatic heterocycles. The Kier molecular flexibility index (Phi) is 4.32. The maximum atomic E-state index is 12.3. The second-order valence-electron chi connectivity index (χ2n) is 6.17. The average Bonchev–Trinajstić information content (AvgIpc) is 3.08. The van der Waals surface area contributed by atoms with Crippen LogP contribution in [0.3, 0.4) is 0 Å². The second kappa shape index (κ2) is 6.78. The van der Waals surface area contributed by atoms with Crippen molar-refractivity contribution < 1.29 is 23.7 Å². The van der Waals surface area contributed by atoms with E-state index in [1.807, 2.05) is 44.2 Å². The topological polar surface area (TPSA) is 66.0 Å². The van der Waals surface area contributed by atoms with Gasteiger partial charge in [-0.3, -0.25) is 4.79 Å². The lowest BCUT2D eigenvalue weighted by Crippen LogP contribution is -2.23. The number of ether oxygens (including phenoxy) is 4. The van der Waals surface area contributed by atoms with Gasteiger partial charge >= 0.3 is 0 Å². The summed E-state index contributed by atoms with van der Waals surface area (Å²) < 4.78 is 22.3. The van der Waals surface area contributed by atoms with Crippen LogP contribution < -0.4 is 24.3 Å². The minimum atomic E-state index is -0.0804. The van der Waals surface area contributed by atoms with E-state index < -0.39 is 0 Å². The fourth-order valence-electron chi connectivity index (χ4n) is 3.43. The van der Waals surface area contributed by atoms with Gasteiger partial charge in [-0.15, -0.1) is 0 Å². The highest BCUT2D eigenvalue weighted by Crippen LogP contribution is 2.45. The van der Waals surface area contributed by atoms with Crippen molar-refractivity contribution in [1.82, 2.24) is 0 Å². The van der Waals surface area contributed by atoms with Crippen molar-refractivity contribution in [3.63, 3.8) is 0 Å². The molecule has 2 aromatic carbocycles. The molecular weight excluding hydrogens is 334 g/mol. The Balaban J connectivity index is 1.76. The summed E-state index contributed by atoms with van der Waals surface area (Å²) in [6, 6.07) is 9.65. The highest BCUT2D eigenvalue weighted by molar-refractivity contribution is 5.96. The van der Waals surface area contributed by atoms with Crippen LogP contribution in [0.25, 0.3) is 0 Å². The molecule has 2 aliphatic heterocycles. The highest BCUT2D eigenvalue weighted by Gasteiger charge is 2.30. The van der Waals surface area contributed by atoms with Gasteiger partial charge in [0.15, 0.2) is 23.0 Å². The first-order chi connectivity index (χ1) is 12.7. The molecule has 0 fully saturated rings. The SMILES string of the molecule is CCOc1ccc([C@@H]2CC(=O)Nc3cc4c(cc32)OCO4)cc1OCC. The largest absolute Gasteiger partial charge is 0.490 e. The molecule has 6 nitrogen and oxygen atoms in total. The van der Waals surface area contributed by atoms with Crippen LogP contribution in [0.15, 0.2) is 30.3 Å². The van der Waals surface area contributed by atoms with Crippen molar-refractivity contribution in [2.45, 2.75) is 26.2 Å². The third kappa shape index (κ3) is 2.92. The molecule has 6 heteroatoms. The van der Waals surface area contributed by atoms with Gasteiger partial charge in [0.05, 0.1) is 13.2 Å². The third-order valence-electron chi connectivity index (χ3n) is 4.55. The van der Waals surface area contributed by atoms with Crippen LogP contribution in [-0.4, -0.2) is 25.9 Å². The summed E-state index contributed by atoms with van der Waals surface area (Å²) in [4.78, 5) is 12.3. The number of hydrogen-bond donors (Lipinski definition) is 1. The highest BCUT2D eigenvalue weighted by atomic mass is 16.7. The zero-order valence-corrected chi connectivity index (χ0v) is 14.8. The number of anilines is 1. The van der Waals surface area contributed by atoms with Gasteiger partial charge in [0, 0.05) is 24.1 Å². The maximum Gasteiger partial charge on any atom is 0.231 e. The van der Waals surface area contributed by atoms with Crippen LogP contribution in [0, 0.1) is 0 Å². The van der Waals surface area contributed by atoms with Crippen LogP contribution >= 0.6 is 0 Å². The van der Waals surface area contributed by atoms with Gasteiger partial charge in [0.2, 0.25) is 12.7 Å². The Morgan fingerprint density at radius 1 is 1.04 bits per heavy atom. The van der Waals surface area contributed by atoms with E-state index in [0.29, 0.717) is 42.6 Å². The number of rotatable bonds is 5. The molecule has 1 atom stereocenters. The van der Waals surface area contributed by atoms with Crippen molar-refractivity contribution in [2.24, 2.45) is 0 Å². The summed E-state index contributed by atoms with van der Waals surface area (Å²) in [6.45, 7) is 5.19. The van der Waals surface area contributed by atoms with Crippen LogP contribution in [0.4, 0.5) is 5.69 Å². The summed E-state index contributed by atoms with van der Waals surface area (Å²) in [7, 11) is 0. The minimum Gasteiger partial charge on any atom is -0.490 e. The summed E-state index contributed by atoms with van der Waals surface area (Å²) in [6.07, 6.45) is 0.367. The van der Waals surface area contributed by atoms with Gasteiger partial charge in [-0.1, -0.05) is 6.07 Å². The maximum absolute atomic E-state index is 12.3. The summed E-state index contributed by atoms with van der Waals surface area (Å²) >= 11 is 0. The third-order valence-corrected chi connectivity index (χ3v) is 4.55. The van der Waals surface area contributed by atoms with E-state index >= 15 is 0 Å². The van der Waals surface area contributed by atoms with Gasteiger partial charge in [-0.2, -0.15) is 0 Å². The van der Waals surface area contributed by atoms with E-state index in [0.717, 1.165) is 16.8 Å². The molecule has 0 aliphatic carbocycles. The molecule has 2 heterocycles. The molecule has 0 saturated heterocycles. The minimum absolute atomic E-state index is 0.0202. The van der Waals surface area contributed by atoms with Gasteiger partial charge in [0.1, 0.15) is 0 Å². The van der Waals surface area contributed by atoms with Crippen LogP contribution in [0.5, 0.6) is 23.0 Å². The van der Waals surface area contributed by atoms with E-state index in [1.165, 1.54) is 0 Å². The van der Waals surface area contributed by atoms with Crippen LogP contribution in [-0.2, 0) is 4.79 Å². The Labute approximate surface area is 152 Å². The van der Waals surface area contributed by atoms with E-state index in [4.69, 9.17) is 18.9 Å². The number of fused-ring (bicyclic) bond motifs is 2. The van der Waals surface area contributed by atoms with E-state index in [9.17, 15) is 4.79 Å². The molecule has 1 amide bonds. The van der Waals surface area contributed by atoms with Gasteiger partial charge in [-0.05, 0) is 43.2 Å². The van der Waals surface area contributed by atoms with Gasteiger partial charge < -0.3 is 24.3 Å². The summed E-state index contributed by atoms with van der Waals surface area (Å²) in [5.41, 5.74) is 2.79.